The van der Waals surface area contributed by atoms with Gasteiger partial charge in [-0.25, -0.2) is 0 Å². The summed E-state index contributed by atoms with van der Waals surface area (Å²) in [7, 11) is 0. The van der Waals surface area contributed by atoms with Gasteiger partial charge in [0, 0.05) is 22.7 Å². The Hall–Kier alpha value is -1.57. The monoisotopic (exact) mass is 201 g/mol. The van der Waals surface area contributed by atoms with Crippen LogP contribution in [0.5, 0.6) is 0 Å². The molecule has 1 heterocycles. The number of hydrogen-bond acceptors (Lipinski definition) is 1. The van der Waals surface area contributed by atoms with Crippen LogP contribution in [-0.4, -0.2) is 10.8 Å². The van der Waals surface area contributed by atoms with Crippen LogP contribution in [0.2, 0.25) is 0 Å². The molecule has 0 aliphatic carbocycles. The molecule has 1 aromatic carbocycles. The zero-order valence-corrected chi connectivity index (χ0v) is 9.29. The Morgan fingerprint density at radius 2 is 2.07 bits per heavy atom. The summed E-state index contributed by atoms with van der Waals surface area (Å²) < 4.78 is 0. The highest BCUT2D eigenvalue weighted by atomic mass is 16.1. The normalized spacial score (nSPS) is 11.2. The molecule has 15 heavy (non-hydrogen) atoms. The molecule has 2 heteroatoms. The van der Waals surface area contributed by atoms with Crippen molar-refractivity contribution >= 4 is 16.7 Å². The smallest absolute Gasteiger partial charge is 0.159 e. The second-order valence-corrected chi connectivity index (χ2v) is 4.22. The van der Waals surface area contributed by atoms with Gasteiger partial charge in [0.05, 0.1) is 0 Å². The lowest BCUT2D eigenvalue weighted by Crippen LogP contribution is -1.91. The number of aromatic nitrogens is 1. The molecule has 2 aromatic rings. The maximum absolute atomic E-state index is 11.3. The van der Waals surface area contributed by atoms with Gasteiger partial charge in [-0.3, -0.25) is 4.79 Å². The van der Waals surface area contributed by atoms with Crippen molar-refractivity contribution in [1.82, 2.24) is 4.98 Å². The average Bonchev–Trinajstić information content (AvgIpc) is 2.59. The van der Waals surface area contributed by atoms with Gasteiger partial charge in [-0.1, -0.05) is 13.8 Å². The van der Waals surface area contributed by atoms with Crippen LogP contribution in [0, 0.1) is 0 Å². The van der Waals surface area contributed by atoms with E-state index in [4.69, 9.17) is 0 Å². The van der Waals surface area contributed by atoms with Crippen molar-refractivity contribution < 1.29 is 4.79 Å². The van der Waals surface area contributed by atoms with Crippen LogP contribution >= 0.6 is 0 Å². The largest absolute Gasteiger partial charge is 0.361 e. The van der Waals surface area contributed by atoms with Crippen molar-refractivity contribution in [1.29, 1.82) is 0 Å². The quantitative estimate of drug-likeness (QED) is 0.741. The predicted molar refractivity (Wildman–Crippen MR) is 62.4 cm³/mol. The molecule has 0 aliphatic rings. The standard InChI is InChI=1S/C13H15NO/c1-8(2)12-7-14-13-5-4-10(9(3)15)6-11(12)13/h4-8,14H,1-3H3. The summed E-state index contributed by atoms with van der Waals surface area (Å²) >= 11 is 0. The SMILES string of the molecule is CC(=O)c1ccc2[nH]cc(C(C)C)c2c1. The van der Waals surface area contributed by atoms with Crippen LogP contribution in [0.3, 0.4) is 0 Å². The Labute approximate surface area is 89.3 Å². The first-order valence-corrected chi connectivity index (χ1v) is 5.21. The minimum atomic E-state index is 0.118. The van der Waals surface area contributed by atoms with Gasteiger partial charge >= 0.3 is 0 Å². The van der Waals surface area contributed by atoms with Gasteiger partial charge in [0.2, 0.25) is 0 Å². The van der Waals surface area contributed by atoms with Crippen molar-refractivity contribution in [2.45, 2.75) is 26.7 Å². The van der Waals surface area contributed by atoms with Gasteiger partial charge in [0.25, 0.3) is 0 Å². The number of carbonyl (C=O) groups excluding carboxylic acids is 1. The number of rotatable bonds is 2. The fourth-order valence-corrected chi connectivity index (χ4v) is 1.84. The minimum absolute atomic E-state index is 0.118. The summed E-state index contributed by atoms with van der Waals surface area (Å²) in [5, 5.41) is 1.16. The van der Waals surface area contributed by atoms with E-state index in [-0.39, 0.29) is 5.78 Å². The number of fused-ring (bicyclic) bond motifs is 1. The number of Topliss-reactive ketones (excluding diaryl/α,β-unsaturated/α-hetero) is 1. The highest BCUT2D eigenvalue weighted by Crippen LogP contribution is 2.26. The van der Waals surface area contributed by atoms with Crippen LogP contribution in [0.15, 0.2) is 24.4 Å². The molecule has 78 valence electrons. The number of hydrogen-bond donors (Lipinski definition) is 1. The number of carbonyl (C=O) groups is 1. The second kappa shape index (κ2) is 3.54. The van der Waals surface area contributed by atoms with Crippen molar-refractivity contribution in [3.05, 3.63) is 35.5 Å². The van der Waals surface area contributed by atoms with Gasteiger partial charge in [0.15, 0.2) is 5.78 Å². The molecule has 0 spiro atoms. The second-order valence-electron chi connectivity index (χ2n) is 4.22. The average molecular weight is 201 g/mol. The summed E-state index contributed by atoms with van der Waals surface area (Å²) in [5.74, 6) is 0.591. The molecule has 0 amide bonds. The highest BCUT2D eigenvalue weighted by molar-refractivity contribution is 5.98. The third-order valence-electron chi connectivity index (χ3n) is 2.74. The fraction of sp³-hybridized carbons (Fsp3) is 0.308. The molecular weight excluding hydrogens is 186 g/mol. The number of H-pyrrole nitrogens is 1. The molecule has 0 saturated carbocycles. The Kier molecular flexibility index (Phi) is 2.35. The molecule has 0 fully saturated rings. The molecule has 1 aromatic heterocycles. The van der Waals surface area contributed by atoms with E-state index in [9.17, 15) is 4.79 Å². The summed E-state index contributed by atoms with van der Waals surface area (Å²) in [6.07, 6.45) is 2.03. The van der Waals surface area contributed by atoms with Crippen LogP contribution in [0.1, 0.15) is 42.6 Å². The van der Waals surface area contributed by atoms with E-state index >= 15 is 0 Å². The third kappa shape index (κ3) is 1.67. The van der Waals surface area contributed by atoms with Crippen molar-refractivity contribution in [2.24, 2.45) is 0 Å². The first-order valence-electron chi connectivity index (χ1n) is 5.21. The summed E-state index contributed by atoms with van der Waals surface area (Å²) in [5.41, 5.74) is 3.15. The van der Waals surface area contributed by atoms with Gasteiger partial charge in [-0.2, -0.15) is 0 Å². The molecule has 0 bridgehead atoms. The zero-order valence-electron chi connectivity index (χ0n) is 9.29. The Balaban J connectivity index is 2.66. The van der Waals surface area contributed by atoms with Crippen LogP contribution in [-0.2, 0) is 0 Å². The summed E-state index contributed by atoms with van der Waals surface area (Å²) in [4.78, 5) is 14.5. The molecule has 1 N–H and O–H groups in total. The molecule has 0 atom stereocenters. The minimum Gasteiger partial charge on any atom is -0.361 e. The topological polar surface area (TPSA) is 32.9 Å². The lowest BCUT2D eigenvalue weighted by Gasteiger charge is -2.03. The van der Waals surface area contributed by atoms with Gasteiger partial charge < -0.3 is 4.98 Å². The number of nitrogens with one attached hydrogen (secondary N) is 1. The molecule has 2 nitrogen and oxygen atoms in total. The van der Waals surface area contributed by atoms with Gasteiger partial charge in [0.1, 0.15) is 0 Å². The number of benzene rings is 1. The van der Waals surface area contributed by atoms with E-state index < -0.39 is 0 Å². The zero-order chi connectivity index (χ0) is 11.0. The van der Waals surface area contributed by atoms with E-state index in [1.54, 1.807) is 6.92 Å². The summed E-state index contributed by atoms with van der Waals surface area (Å²) in [6, 6.07) is 5.81. The molecule has 0 saturated heterocycles. The molecule has 0 unspecified atom stereocenters. The van der Waals surface area contributed by atoms with Crippen molar-refractivity contribution in [3.63, 3.8) is 0 Å². The maximum Gasteiger partial charge on any atom is 0.159 e. The maximum atomic E-state index is 11.3. The molecule has 0 aliphatic heterocycles. The summed E-state index contributed by atoms with van der Waals surface area (Å²) in [6.45, 7) is 5.91. The molecule has 2 rings (SSSR count). The first-order chi connectivity index (χ1) is 7.09. The fourth-order valence-electron chi connectivity index (χ4n) is 1.84. The van der Waals surface area contributed by atoms with Crippen LogP contribution in [0.25, 0.3) is 10.9 Å². The Bertz CT molecular complexity index is 508. The van der Waals surface area contributed by atoms with Crippen LogP contribution < -0.4 is 0 Å². The van der Waals surface area contributed by atoms with E-state index in [1.807, 2.05) is 24.4 Å². The van der Waals surface area contributed by atoms with Gasteiger partial charge in [-0.05, 0) is 36.6 Å². The lowest BCUT2D eigenvalue weighted by molar-refractivity contribution is 0.101. The Morgan fingerprint density at radius 3 is 2.67 bits per heavy atom. The highest BCUT2D eigenvalue weighted by Gasteiger charge is 2.08. The van der Waals surface area contributed by atoms with E-state index in [1.165, 1.54) is 5.56 Å². The van der Waals surface area contributed by atoms with Crippen LogP contribution in [0.4, 0.5) is 0 Å². The molecule has 0 radical (unpaired) electrons. The number of ketones is 1. The van der Waals surface area contributed by atoms with E-state index in [0.717, 1.165) is 16.5 Å². The lowest BCUT2D eigenvalue weighted by atomic mass is 10.0. The first kappa shape index (κ1) is 9.97. The number of aromatic amines is 1. The van der Waals surface area contributed by atoms with Crippen molar-refractivity contribution in [2.75, 3.05) is 0 Å². The van der Waals surface area contributed by atoms with Gasteiger partial charge in [-0.15, -0.1) is 0 Å². The third-order valence-corrected chi connectivity index (χ3v) is 2.74. The van der Waals surface area contributed by atoms with Crippen molar-refractivity contribution in [3.8, 4) is 0 Å². The predicted octanol–water partition coefficient (Wildman–Crippen LogP) is 3.49. The van der Waals surface area contributed by atoms with E-state index in [2.05, 4.69) is 18.8 Å². The molecular formula is C13H15NO. The Morgan fingerprint density at radius 1 is 1.33 bits per heavy atom. The van der Waals surface area contributed by atoms with E-state index in [0.29, 0.717) is 5.92 Å².